The van der Waals surface area contributed by atoms with Gasteiger partial charge in [-0.05, 0) is 31.1 Å². The van der Waals surface area contributed by atoms with Gasteiger partial charge < -0.3 is 15.8 Å². The highest BCUT2D eigenvalue weighted by molar-refractivity contribution is 5.86. The summed E-state index contributed by atoms with van der Waals surface area (Å²) in [6.45, 7) is 5.42. The van der Waals surface area contributed by atoms with Gasteiger partial charge in [0.1, 0.15) is 5.54 Å². The summed E-state index contributed by atoms with van der Waals surface area (Å²) >= 11 is 0. The molecular formula is C13H24N2O2. The molecule has 17 heavy (non-hydrogen) atoms. The summed E-state index contributed by atoms with van der Waals surface area (Å²) < 4.78 is 5.23. The topological polar surface area (TPSA) is 64.4 Å². The van der Waals surface area contributed by atoms with Crippen LogP contribution in [-0.2, 0) is 9.53 Å². The fourth-order valence-electron chi connectivity index (χ4n) is 3.10. The van der Waals surface area contributed by atoms with Crippen molar-refractivity contribution in [1.29, 1.82) is 0 Å². The number of nitrogens with two attached hydrogens (primary N) is 1. The maximum atomic E-state index is 12.1. The molecule has 4 nitrogen and oxygen atoms in total. The molecule has 1 saturated carbocycles. The molecule has 2 fully saturated rings. The molecule has 1 heterocycles. The van der Waals surface area contributed by atoms with Gasteiger partial charge in [-0.3, -0.25) is 4.79 Å². The third-order valence-electron chi connectivity index (χ3n) is 4.57. The van der Waals surface area contributed by atoms with Crippen LogP contribution < -0.4 is 11.1 Å². The first-order valence-electron chi connectivity index (χ1n) is 6.74. The summed E-state index contributed by atoms with van der Waals surface area (Å²) in [4.78, 5) is 12.1. The van der Waals surface area contributed by atoms with Crippen LogP contribution in [0, 0.1) is 11.8 Å². The molecule has 1 saturated heterocycles. The molecule has 2 aliphatic rings. The minimum absolute atomic E-state index is 0.0244. The van der Waals surface area contributed by atoms with E-state index in [4.69, 9.17) is 10.5 Å². The average Bonchev–Trinajstić information content (AvgIpc) is 2.88. The van der Waals surface area contributed by atoms with Crippen molar-refractivity contribution in [2.45, 2.75) is 51.1 Å². The van der Waals surface area contributed by atoms with Crippen molar-refractivity contribution < 1.29 is 9.53 Å². The van der Waals surface area contributed by atoms with E-state index >= 15 is 0 Å². The van der Waals surface area contributed by atoms with E-state index in [1.165, 1.54) is 12.8 Å². The first-order chi connectivity index (χ1) is 8.07. The normalized spacial score (nSPS) is 41.7. The summed E-state index contributed by atoms with van der Waals surface area (Å²) in [6.07, 6.45) is 4.14. The Morgan fingerprint density at radius 3 is 2.82 bits per heavy atom. The Morgan fingerprint density at radius 2 is 2.29 bits per heavy atom. The van der Waals surface area contributed by atoms with Crippen LogP contribution in [-0.4, -0.2) is 30.7 Å². The van der Waals surface area contributed by atoms with Crippen molar-refractivity contribution in [3.8, 4) is 0 Å². The van der Waals surface area contributed by atoms with Gasteiger partial charge in [-0.15, -0.1) is 0 Å². The molecule has 4 heteroatoms. The highest BCUT2D eigenvalue weighted by Gasteiger charge is 2.41. The lowest BCUT2D eigenvalue weighted by Crippen LogP contribution is -2.57. The fraction of sp³-hybridized carbons (Fsp3) is 0.923. The Balaban J connectivity index is 1.91. The molecular weight excluding hydrogens is 216 g/mol. The van der Waals surface area contributed by atoms with E-state index in [0.29, 0.717) is 31.6 Å². The molecule has 0 bridgehead atoms. The van der Waals surface area contributed by atoms with Gasteiger partial charge in [0.2, 0.25) is 5.91 Å². The molecule has 1 aliphatic heterocycles. The maximum absolute atomic E-state index is 12.1. The molecule has 0 aromatic carbocycles. The second kappa shape index (κ2) is 4.94. The number of hydrogen-bond donors (Lipinski definition) is 2. The van der Waals surface area contributed by atoms with Gasteiger partial charge in [-0.1, -0.05) is 20.3 Å². The number of carbonyl (C=O) groups excluding carboxylic acids is 1. The van der Waals surface area contributed by atoms with Crippen molar-refractivity contribution in [2.75, 3.05) is 13.2 Å². The van der Waals surface area contributed by atoms with Crippen LogP contribution in [0.2, 0.25) is 0 Å². The van der Waals surface area contributed by atoms with Gasteiger partial charge in [0.15, 0.2) is 0 Å². The Morgan fingerprint density at radius 1 is 1.53 bits per heavy atom. The molecule has 4 atom stereocenters. The first kappa shape index (κ1) is 12.8. The Bertz CT molecular complexity index is 287. The summed E-state index contributed by atoms with van der Waals surface area (Å²) in [5.41, 5.74) is 5.27. The third kappa shape index (κ3) is 2.47. The third-order valence-corrected chi connectivity index (χ3v) is 4.57. The van der Waals surface area contributed by atoms with E-state index in [0.717, 1.165) is 12.3 Å². The lowest BCUT2D eigenvalue weighted by Gasteiger charge is -2.26. The summed E-state index contributed by atoms with van der Waals surface area (Å²) in [5, 5.41) is 3.13. The van der Waals surface area contributed by atoms with E-state index in [1.807, 2.05) is 0 Å². The van der Waals surface area contributed by atoms with Crippen molar-refractivity contribution >= 4 is 5.91 Å². The summed E-state index contributed by atoms with van der Waals surface area (Å²) in [7, 11) is 0. The van der Waals surface area contributed by atoms with Crippen LogP contribution in [0.3, 0.4) is 0 Å². The van der Waals surface area contributed by atoms with E-state index in [2.05, 4.69) is 19.2 Å². The Hall–Kier alpha value is -0.610. The minimum atomic E-state index is -0.788. The van der Waals surface area contributed by atoms with Crippen molar-refractivity contribution in [2.24, 2.45) is 17.6 Å². The number of nitrogens with one attached hydrogen (secondary N) is 1. The standard InChI is InChI=1S/C13H24N2O2/c1-3-10-4-5-11(9(10)2)15-12(16)13(14)6-7-17-8-13/h9-11H,3-8,14H2,1-2H3,(H,15,16). The molecule has 3 N–H and O–H groups in total. The van der Waals surface area contributed by atoms with Crippen LogP contribution in [0.25, 0.3) is 0 Å². The SMILES string of the molecule is CCC1CCC(NC(=O)C2(N)CCOC2)C1C. The summed E-state index contributed by atoms with van der Waals surface area (Å²) in [6, 6.07) is 0.300. The number of rotatable bonds is 3. The average molecular weight is 240 g/mol. The van der Waals surface area contributed by atoms with E-state index in [9.17, 15) is 4.79 Å². The second-order valence-electron chi connectivity index (χ2n) is 5.64. The van der Waals surface area contributed by atoms with Crippen molar-refractivity contribution in [3.63, 3.8) is 0 Å². The van der Waals surface area contributed by atoms with Gasteiger partial charge in [-0.25, -0.2) is 0 Å². The second-order valence-corrected chi connectivity index (χ2v) is 5.64. The van der Waals surface area contributed by atoms with Gasteiger partial charge in [0.05, 0.1) is 6.61 Å². The van der Waals surface area contributed by atoms with Crippen molar-refractivity contribution in [1.82, 2.24) is 5.32 Å². The zero-order valence-electron chi connectivity index (χ0n) is 10.9. The van der Waals surface area contributed by atoms with Gasteiger partial charge in [-0.2, -0.15) is 0 Å². The lowest BCUT2D eigenvalue weighted by molar-refractivity contribution is -0.127. The number of amides is 1. The fourth-order valence-corrected chi connectivity index (χ4v) is 3.10. The summed E-state index contributed by atoms with van der Waals surface area (Å²) in [5.74, 6) is 1.28. The largest absolute Gasteiger partial charge is 0.379 e. The van der Waals surface area contributed by atoms with Crippen LogP contribution >= 0.6 is 0 Å². The molecule has 0 aromatic heterocycles. The van der Waals surface area contributed by atoms with E-state index in [-0.39, 0.29) is 5.91 Å². The molecule has 2 rings (SSSR count). The van der Waals surface area contributed by atoms with Crippen LogP contribution in [0.5, 0.6) is 0 Å². The Kier molecular flexibility index (Phi) is 3.73. The van der Waals surface area contributed by atoms with Gasteiger partial charge in [0, 0.05) is 12.6 Å². The van der Waals surface area contributed by atoms with Crippen LogP contribution in [0.15, 0.2) is 0 Å². The van der Waals surface area contributed by atoms with Crippen LogP contribution in [0.1, 0.15) is 39.5 Å². The predicted molar refractivity (Wildman–Crippen MR) is 66.5 cm³/mol. The smallest absolute Gasteiger partial charge is 0.242 e. The monoisotopic (exact) mass is 240 g/mol. The quantitative estimate of drug-likeness (QED) is 0.775. The molecule has 98 valence electrons. The van der Waals surface area contributed by atoms with Crippen molar-refractivity contribution in [3.05, 3.63) is 0 Å². The van der Waals surface area contributed by atoms with E-state index in [1.54, 1.807) is 0 Å². The maximum Gasteiger partial charge on any atom is 0.242 e. The number of ether oxygens (including phenoxy) is 1. The zero-order chi connectivity index (χ0) is 12.5. The van der Waals surface area contributed by atoms with Gasteiger partial charge in [0.25, 0.3) is 0 Å². The Labute approximate surface area is 103 Å². The first-order valence-corrected chi connectivity index (χ1v) is 6.74. The minimum Gasteiger partial charge on any atom is -0.379 e. The number of hydrogen-bond acceptors (Lipinski definition) is 3. The molecule has 0 spiro atoms. The van der Waals surface area contributed by atoms with Crippen LogP contribution in [0.4, 0.5) is 0 Å². The highest BCUT2D eigenvalue weighted by Crippen LogP contribution is 2.34. The van der Waals surface area contributed by atoms with E-state index < -0.39 is 5.54 Å². The zero-order valence-corrected chi connectivity index (χ0v) is 10.9. The molecule has 1 aliphatic carbocycles. The molecule has 0 radical (unpaired) electrons. The highest BCUT2D eigenvalue weighted by atomic mass is 16.5. The lowest BCUT2D eigenvalue weighted by atomic mass is 9.92. The molecule has 0 aromatic rings. The predicted octanol–water partition coefficient (Wildman–Crippen LogP) is 1.05. The number of carbonyl (C=O) groups is 1. The molecule has 4 unspecified atom stereocenters. The van der Waals surface area contributed by atoms with Gasteiger partial charge >= 0.3 is 0 Å². The molecule has 1 amide bonds.